The number of aliphatic hydroxyl groups is 5. The summed E-state index contributed by atoms with van der Waals surface area (Å²) in [6.45, 7) is 4.34. The summed E-state index contributed by atoms with van der Waals surface area (Å²) in [4.78, 5) is 25.1. The third-order valence-electron chi connectivity index (χ3n) is 17.9. The summed E-state index contributed by atoms with van der Waals surface area (Å²) in [5, 5.41) is 54.3. The van der Waals surface area contributed by atoms with E-state index in [2.05, 4.69) is 55.6 Å². The van der Waals surface area contributed by atoms with Gasteiger partial charge in [-0.15, -0.1) is 0 Å². The van der Waals surface area contributed by atoms with Crippen LogP contribution in [0.2, 0.25) is 0 Å². The molecule has 88 heavy (non-hydrogen) atoms. The fourth-order valence-corrected chi connectivity index (χ4v) is 11.9. The van der Waals surface area contributed by atoms with Gasteiger partial charge in [0.25, 0.3) is 0 Å². The molecule has 1 saturated heterocycles. The first kappa shape index (κ1) is 83.6. The van der Waals surface area contributed by atoms with Crippen LogP contribution in [0.25, 0.3) is 0 Å². The molecule has 0 aromatic carbocycles. The normalized spacial score (nSPS) is 18.0. The molecule has 6 N–H and O–H groups in total. The molecule has 11 nitrogen and oxygen atoms in total. The molecule has 1 rings (SSSR count). The van der Waals surface area contributed by atoms with Crippen LogP contribution in [0.4, 0.5) is 0 Å². The molecule has 11 heteroatoms. The molecular weight excluding hydrogens is 1100 g/mol. The van der Waals surface area contributed by atoms with E-state index in [4.69, 9.17) is 14.2 Å². The minimum absolute atomic E-state index is 0.00290. The number of aliphatic hydroxyl groups excluding tert-OH is 5. The Kier molecular flexibility index (Phi) is 62.8. The molecule has 0 aliphatic carbocycles. The van der Waals surface area contributed by atoms with Crippen molar-refractivity contribution in [1.82, 2.24) is 5.32 Å². The fraction of sp³-hybridized carbons (Fsp3) is 0.870. The van der Waals surface area contributed by atoms with Crippen LogP contribution in [0.5, 0.6) is 0 Å². The molecule has 0 radical (unpaired) electrons. The molecule has 1 heterocycles. The average Bonchev–Trinajstić information content (AvgIpc) is 3.40. The van der Waals surface area contributed by atoms with Crippen LogP contribution in [-0.2, 0) is 23.8 Å². The average molecular weight is 1240 g/mol. The van der Waals surface area contributed by atoms with E-state index >= 15 is 0 Å². The Bertz CT molecular complexity index is 1600. The van der Waals surface area contributed by atoms with Crippen molar-refractivity contribution in [2.24, 2.45) is 0 Å². The van der Waals surface area contributed by atoms with E-state index in [0.29, 0.717) is 19.4 Å². The van der Waals surface area contributed by atoms with Gasteiger partial charge in [0.1, 0.15) is 24.4 Å². The van der Waals surface area contributed by atoms with Gasteiger partial charge in [0, 0.05) is 12.8 Å². The first-order chi connectivity index (χ1) is 43.2. The van der Waals surface area contributed by atoms with Crippen LogP contribution >= 0.6 is 0 Å². The van der Waals surface area contributed by atoms with Crippen LogP contribution in [-0.4, -0.2) is 100 Å². The number of hydrogen-bond acceptors (Lipinski definition) is 10. The number of amides is 1. The summed E-state index contributed by atoms with van der Waals surface area (Å²) in [5.74, 6) is -0.177. The number of nitrogens with one attached hydrogen (secondary N) is 1. The smallest absolute Gasteiger partial charge is 0.305 e. The third kappa shape index (κ3) is 54.2. The van der Waals surface area contributed by atoms with Gasteiger partial charge in [-0.3, -0.25) is 9.59 Å². The fourth-order valence-electron chi connectivity index (χ4n) is 11.9. The van der Waals surface area contributed by atoms with Crippen molar-refractivity contribution in [2.75, 3.05) is 19.8 Å². The largest absolute Gasteiger partial charge is 0.466 e. The highest BCUT2D eigenvalue weighted by Gasteiger charge is 2.44. The first-order valence-corrected chi connectivity index (χ1v) is 37.9. The van der Waals surface area contributed by atoms with Crippen molar-refractivity contribution in [2.45, 2.75) is 410 Å². The molecule has 1 fully saturated rings. The van der Waals surface area contributed by atoms with Gasteiger partial charge in [0.05, 0.1) is 32.0 Å². The lowest BCUT2D eigenvalue weighted by Crippen LogP contribution is -2.60. The number of ether oxygens (including phenoxy) is 3. The molecule has 0 bridgehead atoms. The summed E-state index contributed by atoms with van der Waals surface area (Å²) < 4.78 is 16.7. The zero-order valence-corrected chi connectivity index (χ0v) is 57.4. The van der Waals surface area contributed by atoms with Crippen molar-refractivity contribution in [3.63, 3.8) is 0 Å². The Balaban J connectivity index is 1.89. The van der Waals surface area contributed by atoms with Crippen molar-refractivity contribution >= 4 is 11.9 Å². The SMILES string of the molecule is CCCCCCCCC/C=C\CCCCCCCC(=O)OCCCCCCCCCCCCC/C=C\C/C=C\CCCCCCCCCCCCCCCCCCCC(=O)NC(COC1OC(CO)C(O)C(O)C1O)C(O)/C=C/CCCCCCCCC. The molecule has 7 atom stereocenters. The zero-order chi connectivity index (χ0) is 63.7. The van der Waals surface area contributed by atoms with E-state index in [1.165, 1.54) is 276 Å². The van der Waals surface area contributed by atoms with Gasteiger partial charge in [0.2, 0.25) is 5.91 Å². The summed E-state index contributed by atoms with van der Waals surface area (Å²) >= 11 is 0. The van der Waals surface area contributed by atoms with Gasteiger partial charge in [-0.1, -0.05) is 313 Å². The number of allylic oxidation sites excluding steroid dienone is 7. The highest BCUT2D eigenvalue weighted by molar-refractivity contribution is 5.76. The van der Waals surface area contributed by atoms with E-state index in [1.807, 2.05) is 6.08 Å². The van der Waals surface area contributed by atoms with Crippen LogP contribution in [0.15, 0.2) is 48.6 Å². The third-order valence-corrected chi connectivity index (χ3v) is 17.9. The molecule has 7 unspecified atom stereocenters. The number of unbranched alkanes of at least 4 members (excludes halogenated alkanes) is 47. The van der Waals surface area contributed by atoms with E-state index in [-0.39, 0.29) is 18.5 Å². The van der Waals surface area contributed by atoms with Gasteiger partial charge in [-0.05, 0) is 89.9 Å². The Morgan fingerprint density at radius 1 is 0.420 bits per heavy atom. The van der Waals surface area contributed by atoms with Gasteiger partial charge in [-0.2, -0.15) is 0 Å². The van der Waals surface area contributed by atoms with Crippen molar-refractivity contribution in [3.8, 4) is 0 Å². The molecule has 1 amide bonds. The minimum Gasteiger partial charge on any atom is -0.466 e. The second-order valence-electron chi connectivity index (χ2n) is 26.3. The number of esters is 1. The second kappa shape index (κ2) is 66.1. The lowest BCUT2D eigenvalue weighted by molar-refractivity contribution is -0.302. The van der Waals surface area contributed by atoms with Crippen LogP contribution in [0.3, 0.4) is 0 Å². The van der Waals surface area contributed by atoms with Crippen molar-refractivity contribution in [3.05, 3.63) is 48.6 Å². The van der Waals surface area contributed by atoms with Gasteiger partial charge in [0.15, 0.2) is 6.29 Å². The van der Waals surface area contributed by atoms with Gasteiger partial charge in [-0.25, -0.2) is 0 Å². The Hall–Kier alpha value is -2.38. The zero-order valence-electron chi connectivity index (χ0n) is 57.4. The van der Waals surface area contributed by atoms with E-state index in [1.54, 1.807) is 6.08 Å². The molecule has 1 aliphatic rings. The van der Waals surface area contributed by atoms with Crippen LogP contribution < -0.4 is 5.32 Å². The molecule has 0 spiro atoms. The summed E-state index contributed by atoms with van der Waals surface area (Å²) in [6, 6.07) is -0.807. The maximum absolute atomic E-state index is 13.0. The number of hydrogen-bond donors (Lipinski definition) is 6. The number of rotatable bonds is 67. The topological polar surface area (TPSA) is 175 Å². The molecule has 0 saturated carbocycles. The maximum Gasteiger partial charge on any atom is 0.305 e. The van der Waals surface area contributed by atoms with Crippen molar-refractivity contribution in [1.29, 1.82) is 0 Å². The minimum atomic E-state index is -1.57. The Morgan fingerprint density at radius 2 is 0.761 bits per heavy atom. The summed E-state index contributed by atoms with van der Waals surface area (Å²) in [5.41, 5.74) is 0. The standard InChI is InChI=1S/C77H143NO10/c1-3-5-7-9-11-13-14-15-16-39-42-45-49-53-57-61-65-73(82)86-66-62-58-54-50-46-43-40-37-35-33-31-29-27-25-23-21-19-17-18-20-22-24-26-28-30-32-34-36-38-41-44-48-52-56-60-64-72(81)78-69(70(80)63-59-55-51-47-12-10-8-6-4-2)68-87-77-76(85)75(84)74(83)71(67-79)88-77/h16,19,21,25,27,39,59,63,69-71,74-77,79-80,83-85H,3-15,17-18,20,22-24,26,28-38,40-58,60-62,64-68H2,1-2H3,(H,78,81)/b21-19-,27-25-,39-16-,63-59+. The first-order valence-electron chi connectivity index (χ1n) is 37.9. The van der Waals surface area contributed by atoms with E-state index in [0.717, 1.165) is 64.2 Å². The number of carbonyl (C=O) groups excluding carboxylic acids is 2. The quantitative estimate of drug-likeness (QED) is 0.0195. The summed E-state index contributed by atoms with van der Waals surface area (Å²) in [6.07, 6.45) is 77.2. The second-order valence-corrected chi connectivity index (χ2v) is 26.3. The highest BCUT2D eigenvalue weighted by Crippen LogP contribution is 2.23. The predicted molar refractivity (Wildman–Crippen MR) is 370 cm³/mol. The number of carbonyl (C=O) groups is 2. The Labute approximate surface area is 542 Å². The maximum atomic E-state index is 13.0. The molecule has 516 valence electrons. The van der Waals surface area contributed by atoms with Crippen molar-refractivity contribution < 1.29 is 49.3 Å². The summed E-state index contributed by atoms with van der Waals surface area (Å²) in [7, 11) is 0. The molecule has 0 aromatic heterocycles. The lowest BCUT2D eigenvalue weighted by Gasteiger charge is -2.40. The molecule has 1 aliphatic heterocycles. The van der Waals surface area contributed by atoms with E-state index in [9.17, 15) is 35.1 Å². The van der Waals surface area contributed by atoms with E-state index < -0.39 is 49.5 Å². The van der Waals surface area contributed by atoms with Crippen LogP contribution in [0.1, 0.15) is 367 Å². The Morgan fingerprint density at radius 3 is 1.16 bits per heavy atom. The van der Waals surface area contributed by atoms with Gasteiger partial charge < -0.3 is 45.1 Å². The highest BCUT2D eigenvalue weighted by atomic mass is 16.7. The van der Waals surface area contributed by atoms with Gasteiger partial charge >= 0.3 is 5.97 Å². The predicted octanol–water partition coefficient (Wildman–Crippen LogP) is 19.9. The molecule has 0 aromatic rings. The monoisotopic (exact) mass is 1240 g/mol. The van der Waals surface area contributed by atoms with Crippen LogP contribution in [0, 0.1) is 0 Å². The molecular formula is C77H143NO10. The lowest BCUT2D eigenvalue weighted by atomic mass is 9.99.